The van der Waals surface area contributed by atoms with E-state index < -0.39 is 6.04 Å². The second-order valence-corrected chi connectivity index (χ2v) is 6.60. The summed E-state index contributed by atoms with van der Waals surface area (Å²) in [7, 11) is 0. The minimum Gasteiger partial charge on any atom is -0.467 e. The number of furan rings is 1. The molecular weight excluding hydrogens is 402 g/mol. The molecule has 0 saturated heterocycles. The highest BCUT2D eigenvalue weighted by molar-refractivity contribution is 9.10. The van der Waals surface area contributed by atoms with Gasteiger partial charge in [0.05, 0.1) is 12.0 Å². The fraction of sp³-hybridized carbons (Fsp3) is 0.0625. The number of H-pyrrole nitrogens is 1. The van der Waals surface area contributed by atoms with Gasteiger partial charge >= 0.3 is 0 Å². The number of nitrogens with zero attached hydrogens (tertiary/aromatic N) is 5. The Labute approximate surface area is 154 Å². The van der Waals surface area contributed by atoms with E-state index in [-0.39, 0.29) is 5.56 Å². The van der Waals surface area contributed by atoms with Gasteiger partial charge in [0.1, 0.15) is 17.5 Å². The van der Waals surface area contributed by atoms with Crippen molar-refractivity contribution in [3.05, 3.63) is 68.8 Å². The van der Waals surface area contributed by atoms with E-state index in [2.05, 4.69) is 47.0 Å². The molecule has 1 aliphatic rings. The normalized spacial score (nSPS) is 15.2. The summed E-state index contributed by atoms with van der Waals surface area (Å²) in [6.45, 7) is 0. The summed E-state index contributed by atoms with van der Waals surface area (Å²) in [6.07, 6.45) is 1.57. The number of hydrogen-bond acceptors (Lipinski definition) is 7. The predicted molar refractivity (Wildman–Crippen MR) is 95.0 cm³/mol. The predicted octanol–water partition coefficient (Wildman–Crippen LogP) is 2.47. The average molecular weight is 412 g/mol. The van der Waals surface area contributed by atoms with Crippen LogP contribution in [0.4, 0.5) is 11.6 Å². The molecule has 1 aromatic carbocycles. The SMILES string of the molecule is O=c1[nH]nc(-c2ccc(Br)cc2)c2c1Nc1nnnn1[C@H]2c1ccco1. The van der Waals surface area contributed by atoms with Crippen molar-refractivity contribution in [2.75, 3.05) is 5.32 Å². The molecule has 3 aromatic heterocycles. The Hall–Kier alpha value is -3.27. The van der Waals surface area contributed by atoms with Gasteiger partial charge in [0.25, 0.3) is 5.56 Å². The van der Waals surface area contributed by atoms with Crippen molar-refractivity contribution in [1.82, 2.24) is 30.4 Å². The molecule has 1 atom stereocenters. The van der Waals surface area contributed by atoms with E-state index in [1.165, 1.54) is 0 Å². The van der Waals surface area contributed by atoms with E-state index in [1.807, 2.05) is 30.3 Å². The lowest BCUT2D eigenvalue weighted by atomic mass is 9.96. The number of anilines is 2. The summed E-state index contributed by atoms with van der Waals surface area (Å²) in [4.78, 5) is 12.5. The number of rotatable bonds is 2. The molecule has 0 spiro atoms. The zero-order chi connectivity index (χ0) is 17.7. The second-order valence-electron chi connectivity index (χ2n) is 5.69. The van der Waals surface area contributed by atoms with Crippen molar-refractivity contribution in [3.63, 3.8) is 0 Å². The van der Waals surface area contributed by atoms with Crippen LogP contribution in [0.1, 0.15) is 17.4 Å². The van der Waals surface area contributed by atoms with Crippen LogP contribution < -0.4 is 10.9 Å². The van der Waals surface area contributed by atoms with E-state index in [4.69, 9.17) is 4.42 Å². The Morgan fingerprint density at radius 1 is 1.19 bits per heavy atom. The first-order chi connectivity index (χ1) is 12.7. The van der Waals surface area contributed by atoms with Crippen LogP contribution in [-0.4, -0.2) is 30.4 Å². The summed E-state index contributed by atoms with van der Waals surface area (Å²) >= 11 is 3.43. The smallest absolute Gasteiger partial charge is 0.288 e. The van der Waals surface area contributed by atoms with Gasteiger partial charge in [-0.15, -0.1) is 0 Å². The van der Waals surface area contributed by atoms with Crippen molar-refractivity contribution >= 4 is 27.6 Å². The van der Waals surface area contributed by atoms with Crippen molar-refractivity contribution in [2.45, 2.75) is 6.04 Å². The first-order valence-corrected chi connectivity index (χ1v) is 8.48. The summed E-state index contributed by atoms with van der Waals surface area (Å²) in [6, 6.07) is 10.7. The number of fused-ring (bicyclic) bond motifs is 2. The molecule has 0 fully saturated rings. The van der Waals surface area contributed by atoms with Gasteiger partial charge in [0.15, 0.2) is 0 Å². The third-order valence-electron chi connectivity index (χ3n) is 4.20. The molecule has 4 aromatic rings. The summed E-state index contributed by atoms with van der Waals surface area (Å²) in [5.74, 6) is 0.962. The number of hydrogen-bond donors (Lipinski definition) is 2. The van der Waals surface area contributed by atoms with Crippen LogP contribution in [0.15, 0.2) is 56.3 Å². The Morgan fingerprint density at radius 3 is 2.81 bits per heavy atom. The maximum Gasteiger partial charge on any atom is 0.288 e. The van der Waals surface area contributed by atoms with Crippen LogP contribution >= 0.6 is 15.9 Å². The molecule has 128 valence electrons. The number of nitrogens with one attached hydrogen (secondary N) is 2. The maximum atomic E-state index is 12.5. The minimum atomic E-state index is -0.514. The van der Waals surface area contributed by atoms with Gasteiger partial charge in [-0.05, 0) is 34.7 Å². The van der Waals surface area contributed by atoms with E-state index in [9.17, 15) is 4.79 Å². The lowest BCUT2D eigenvalue weighted by Crippen LogP contribution is -2.28. The van der Waals surface area contributed by atoms with E-state index in [0.29, 0.717) is 28.7 Å². The number of aromatic amines is 1. The molecule has 0 aliphatic carbocycles. The molecule has 5 rings (SSSR count). The number of aromatic nitrogens is 6. The second kappa shape index (κ2) is 5.63. The van der Waals surface area contributed by atoms with Crippen molar-refractivity contribution in [1.29, 1.82) is 0 Å². The van der Waals surface area contributed by atoms with Gasteiger partial charge in [-0.3, -0.25) is 4.79 Å². The molecule has 9 nitrogen and oxygen atoms in total. The first kappa shape index (κ1) is 15.0. The lowest BCUT2D eigenvalue weighted by molar-refractivity contribution is 0.435. The Bertz CT molecular complexity index is 1150. The molecule has 26 heavy (non-hydrogen) atoms. The fourth-order valence-electron chi connectivity index (χ4n) is 3.08. The van der Waals surface area contributed by atoms with Crippen molar-refractivity contribution in [3.8, 4) is 11.3 Å². The van der Waals surface area contributed by atoms with Crippen LogP contribution in [0.2, 0.25) is 0 Å². The summed E-state index contributed by atoms with van der Waals surface area (Å²) in [5, 5.41) is 21.5. The average Bonchev–Trinajstić information content (AvgIpc) is 3.33. The highest BCUT2D eigenvalue weighted by Gasteiger charge is 2.35. The maximum absolute atomic E-state index is 12.5. The van der Waals surface area contributed by atoms with Crippen LogP contribution in [-0.2, 0) is 0 Å². The third-order valence-corrected chi connectivity index (χ3v) is 4.73. The van der Waals surface area contributed by atoms with Crippen LogP contribution in [0.25, 0.3) is 11.3 Å². The lowest BCUT2D eigenvalue weighted by Gasteiger charge is -2.26. The zero-order valence-corrected chi connectivity index (χ0v) is 14.6. The number of tetrazole rings is 1. The van der Waals surface area contributed by atoms with Gasteiger partial charge in [-0.2, -0.15) is 9.78 Å². The summed E-state index contributed by atoms with van der Waals surface area (Å²) < 4.78 is 8.14. The Kier molecular flexibility index (Phi) is 3.25. The quantitative estimate of drug-likeness (QED) is 0.458. The monoisotopic (exact) mass is 411 g/mol. The molecule has 2 N–H and O–H groups in total. The summed E-state index contributed by atoms with van der Waals surface area (Å²) in [5.41, 5.74) is 2.09. The fourth-order valence-corrected chi connectivity index (χ4v) is 3.34. The molecule has 0 unspecified atom stereocenters. The zero-order valence-electron chi connectivity index (χ0n) is 13.0. The molecule has 0 bridgehead atoms. The van der Waals surface area contributed by atoms with Crippen molar-refractivity contribution in [2.24, 2.45) is 0 Å². The van der Waals surface area contributed by atoms with Crippen LogP contribution in [0.5, 0.6) is 0 Å². The van der Waals surface area contributed by atoms with E-state index in [0.717, 1.165) is 10.0 Å². The Morgan fingerprint density at radius 2 is 2.04 bits per heavy atom. The van der Waals surface area contributed by atoms with Gasteiger partial charge in [-0.1, -0.05) is 33.2 Å². The molecule has 1 aliphatic heterocycles. The van der Waals surface area contributed by atoms with E-state index in [1.54, 1.807) is 17.0 Å². The Balaban J connectivity index is 1.82. The molecule has 0 saturated carbocycles. The molecule has 10 heteroatoms. The number of benzene rings is 1. The molecule has 0 radical (unpaired) electrons. The molecular formula is C16H10BrN7O2. The van der Waals surface area contributed by atoms with E-state index >= 15 is 0 Å². The molecule has 0 amide bonds. The highest BCUT2D eigenvalue weighted by Crippen LogP contribution is 2.41. The highest BCUT2D eigenvalue weighted by atomic mass is 79.9. The number of halogens is 1. The largest absolute Gasteiger partial charge is 0.467 e. The van der Waals surface area contributed by atoms with Crippen LogP contribution in [0.3, 0.4) is 0 Å². The minimum absolute atomic E-state index is 0.349. The van der Waals surface area contributed by atoms with Crippen molar-refractivity contribution < 1.29 is 4.42 Å². The van der Waals surface area contributed by atoms with Gasteiger partial charge in [0.2, 0.25) is 5.95 Å². The third kappa shape index (κ3) is 2.19. The van der Waals surface area contributed by atoms with Gasteiger partial charge in [-0.25, -0.2) is 5.10 Å². The topological polar surface area (TPSA) is 115 Å². The first-order valence-electron chi connectivity index (χ1n) is 7.69. The van der Waals surface area contributed by atoms with Gasteiger partial charge < -0.3 is 9.73 Å². The van der Waals surface area contributed by atoms with Crippen LogP contribution in [0, 0.1) is 0 Å². The molecule has 4 heterocycles. The standard InChI is InChI=1S/C16H10BrN7O2/c17-9-5-3-8(4-6-9)12-11-13(15(25)20-19-12)18-16-21-22-23-24(16)14(11)10-2-1-7-26-10/h1-7,14H,(H,20,25)(H,18,21,23)/t14-/m0/s1. The van der Waals surface area contributed by atoms with Gasteiger partial charge in [0, 0.05) is 15.6 Å².